The van der Waals surface area contributed by atoms with Gasteiger partial charge in [0.1, 0.15) is 5.52 Å². The van der Waals surface area contributed by atoms with Gasteiger partial charge in [-0.3, -0.25) is 0 Å². The molecule has 2 unspecified atom stereocenters. The van der Waals surface area contributed by atoms with Gasteiger partial charge in [0.05, 0.1) is 30.2 Å². The topological polar surface area (TPSA) is 114 Å². The Kier molecular flexibility index (Phi) is 6.51. The minimum atomic E-state index is -4.47. The first kappa shape index (κ1) is 22.3. The first-order chi connectivity index (χ1) is 12.8. The second-order valence-corrected chi connectivity index (χ2v) is 8.49. The van der Waals surface area contributed by atoms with Crippen LogP contribution < -0.4 is 5.73 Å². The first-order valence-corrected chi connectivity index (χ1v) is 10.1. The Morgan fingerprint density at radius 2 is 2.04 bits per heavy atom. The highest BCUT2D eigenvalue weighted by atomic mass is 32.2. The Bertz CT molecular complexity index is 932. The molecule has 0 amide bonds. The van der Waals surface area contributed by atoms with Crippen LogP contribution in [0.5, 0.6) is 0 Å². The van der Waals surface area contributed by atoms with Gasteiger partial charge in [-0.15, -0.1) is 5.10 Å². The zero-order chi connectivity index (χ0) is 21.3. The van der Waals surface area contributed by atoms with Gasteiger partial charge in [-0.25, -0.2) is 22.3 Å². The summed E-state index contributed by atoms with van der Waals surface area (Å²) in [5.41, 5.74) is 4.82. The van der Waals surface area contributed by atoms with E-state index in [1.165, 1.54) is 10.6 Å². The SMILES string of the molecule is CC(c1cc(F)c2cnc(N)nn12)C(F)(F)F.CS(=O)(=O)N1CCCC(O)C1. The predicted octanol–water partition coefficient (Wildman–Crippen LogP) is 1.52. The van der Waals surface area contributed by atoms with Crippen LogP contribution in [0.2, 0.25) is 0 Å². The van der Waals surface area contributed by atoms with Crippen molar-refractivity contribution in [3.05, 3.63) is 23.8 Å². The quantitative estimate of drug-likeness (QED) is 0.703. The molecule has 3 N–H and O–H groups in total. The van der Waals surface area contributed by atoms with Gasteiger partial charge < -0.3 is 10.8 Å². The number of β-amino-alcohol motifs (C(OH)–C–C–N with tert-alkyl or cyclic N) is 1. The Labute approximate surface area is 159 Å². The summed E-state index contributed by atoms with van der Waals surface area (Å²) < 4.78 is 75.1. The molecule has 1 saturated heterocycles. The average molecular weight is 427 g/mol. The molecule has 0 spiro atoms. The molecule has 0 saturated carbocycles. The fourth-order valence-corrected chi connectivity index (χ4v) is 3.59. The molecule has 1 aliphatic heterocycles. The number of nitrogen functional groups attached to an aromatic ring is 1. The lowest BCUT2D eigenvalue weighted by molar-refractivity contribution is -0.147. The van der Waals surface area contributed by atoms with Gasteiger partial charge in [-0.05, 0) is 25.8 Å². The number of hydrogen-bond donors (Lipinski definition) is 2. The summed E-state index contributed by atoms with van der Waals surface area (Å²) in [4.78, 5) is 3.53. The van der Waals surface area contributed by atoms with Crippen LogP contribution in [0.1, 0.15) is 31.4 Å². The largest absolute Gasteiger partial charge is 0.396 e. The number of alkyl halides is 3. The molecule has 158 valence electrons. The highest BCUT2D eigenvalue weighted by Crippen LogP contribution is 2.35. The maximum atomic E-state index is 13.4. The van der Waals surface area contributed by atoms with Gasteiger partial charge in [0.15, 0.2) is 5.82 Å². The predicted molar refractivity (Wildman–Crippen MR) is 93.5 cm³/mol. The number of aromatic nitrogens is 3. The molecule has 28 heavy (non-hydrogen) atoms. The van der Waals surface area contributed by atoms with Crippen LogP contribution in [-0.4, -0.2) is 64.1 Å². The van der Waals surface area contributed by atoms with E-state index in [-0.39, 0.29) is 23.7 Å². The van der Waals surface area contributed by atoms with Crippen LogP contribution in [-0.2, 0) is 10.0 Å². The standard InChI is InChI=1S/C9H8F4N4.C6H13NO3S/c1-4(9(11,12)13)6-2-5(10)7-3-15-8(14)16-17(6)7;1-11(9,10)7-4-2-3-6(8)5-7/h2-4H,1H3,(H2,14,16);6,8H,2-5H2,1H3. The van der Waals surface area contributed by atoms with Crippen molar-refractivity contribution < 1.29 is 31.1 Å². The fraction of sp³-hybridized carbons (Fsp3) is 0.600. The average Bonchev–Trinajstić information content (AvgIpc) is 2.89. The molecule has 3 heterocycles. The van der Waals surface area contributed by atoms with Crippen molar-refractivity contribution in [2.24, 2.45) is 0 Å². The molecule has 2 aromatic heterocycles. The van der Waals surface area contributed by atoms with E-state index in [0.717, 1.165) is 30.1 Å². The van der Waals surface area contributed by atoms with Gasteiger partial charge in [0, 0.05) is 13.1 Å². The zero-order valence-corrected chi connectivity index (χ0v) is 16.0. The van der Waals surface area contributed by atoms with E-state index < -0.39 is 34.0 Å². The Balaban J connectivity index is 0.000000221. The highest BCUT2D eigenvalue weighted by Gasteiger charge is 2.39. The summed E-state index contributed by atoms with van der Waals surface area (Å²) in [6.45, 7) is 1.74. The second-order valence-electron chi connectivity index (χ2n) is 6.51. The minimum absolute atomic E-state index is 0.134. The lowest BCUT2D eigenvalue weighted by atomic mass is 10.1. The van der Waals surface area contributed by atoms with E-state index in [4.69, 9.17) is 10.8 Å². The maximum Gasteiger partial charge on any atom is 0.396 e. The molecular formula is C15H21F4N5O3S. The number of sulfonamides is 1. The molecule has 0 aliphatic carbocycles. The van der Waals surface area contributed by atoms with E-state index in [0.29, 0.717) is 13.0 Å². The number of nitrogens with two attached hydrogens (primary N) is 1. The lowest BCUT2D eigenvalue weighted by Gasteiger charge is -2.27. The van der Waals surface area contributed by atoms with Gasteiger partial charge in [-0.1, -0.05) is 0 Å². The summed E-state index contributed by atoms with van der Waals surface area (Å²) >= 11 is 0. The zero-order valence-electron chi connectivity index (χ0n) is 15.2. The normalized spacial score (nSPS) is 19.9. The highest BCUT2D eigenvalue weighted by molar-refractivity contribution is 7.88. The number of piperidine rings is 1. The number of aliphatic hydroxyl groups is 1. The third-order valence-electron chi connectivity index (χ3n) is 4.28. The third-order valence-corrected chi connectivity index (χ3v) is 5.55. The number of aliphatic hydroxyl groups excluding tert-OH is 1. The van der Waals surface area contributed by atoms with E-state index in [1.54, 1.807) is 0 Å². The maximum absolute atomic E-state index is 13.4. The van der Waals surface area contributed by atoms with Gasteiger partial charge in [-0.2, -0.15) is 17.5 Å². The van der Waals surface area contributed by atoms with Crippen molar-refractivity contribution in [2.75, 3.05) is 25.1 Å². The molecule has 0 bridgehead atoms. The van der Waals surface area contributed by atoms with Crippen LogP contribution in [0.3, 0.4) is 0 Å². The number of nitrogens with zero attached hydrogens (tertiary/aromatic N) is 4. The molecule has 1 aliphatic rings. The van der Waals surface area contributed by atoms with Crippen LogP contribution in [0.4, 0.5) is 23.5 Å². The van der Waals surface area contributed by atoms with Crippen molar-refractivity contribution in [2.45, 2.75) is 38.0 Å². The first-order valence-electron chi connectivity index (χ1n) is 8.30. The van der Waals surface area contributed by atoms with Crippen molar-refractivity contribution in [1.82, 2.24) is 18.9 Å². The van der Waals surface area contributed by atoms with Crippen molar-refractivity contribution >= 4 is 21.5 Å². The van der Waals surface area contributed by atoms with E-state index >= 15 is 0 Å². The summed E-state index contributed by atoms with van der Waals surface area (Å²) in [5, 5.41) is 12.7. The van der Waals surface area contributed by atoms with Crippen molar-refractivity contribution in [1.29, 1.82) is 0 Å². The number of hydrogen-bond acceptors (Lipinski definition) is 6. The molecule has 0 aromatic carbocycles. The van der Waals surface area contributed by atoms with E-state index in [9.17, 15) is 26.0 Å². The molecule has 2 aromatic rings. The molecule has 13 heteroatoms. The molecule has 8 nitrogen and oxygen atoms in total. The number of rotatable bonds is 2. The van der Waals surface area contributed by atoms with Crippen LogP contribution >= 0.6 is 0 Å². The summed E-state index contributed by atoms with van der Waals surface area (Å²) in [6.07, 6.45) is -1.26. The van der Waals surface area contributed by atoms with Gasteiger partial charge >= 0.3 is 6.18 Å². The number of fused-ring (bicyclic) bond motifs is 1. The van der Waals surface area contributed by atoms with Crippen LogP contribution in [0, 0.1) is 5.82 Å². The summed E-state index contributed by atoms with van der Waals surface area (Å²) in [5.74, 6) is -2.87. The monoisotopic (exact) mass is 427 g/mol. The fourth-order valence-electron chi connectivity index (χ4n) is 2.69. The number of anilines is 1. The van der Waals surface area contributed by atoms with Gasteiger partial charge in [0.2, 0.25) is 16.0 Å². The summed E-state index contributed by atoms with van der Waals surface area (Å²) in [7, 11) is -3.09. The van der Waals surface area contributed by atoms with Crippen LogP contribution in [0.15, 0.2) is 12.3 Å². The third kappa shape index (κ3) is 5.29. The lowest BCUT2D eigenvalue weighted by Crippen LogP contribution is -2.41. The molecular weight excluding hydrogens is 406 g/mol. The van der Waals surface area contributed by atoms with Crippen molar-refractivity contribution in [3.63, 3.8) is 0 Å². The van der Waals surface area contributed by atoms with Gasteiger partial charge in [0.25, 0.3) is 0 Å². The second kappa shape index (κ2) is 8.17. The smallest absolute Gasteiger partial charge is 0.392 e. The van der Waals surface area contributed by atoms with Crippen molar-refractivity contribution in [3.8, 4) is 0 Å². The summed E-state index contributed by atoms with van der Waals surface area (Å²) in [6, 6.07) is 0.793. The van der Waals surface area contributed by atoms with E-state index in [1.807, 2.05) is 0 Å². The Hall–Kier alpha value is -1.99. The molecule has 0 radical (unpaired) electrons. The molecule has 1 fully saturated rings. The number of halogens is 4. The minimum Gasteiger partial charge on any atom is -0.392 e. The van der Waals surface area contributed by atoms with Crippen LogP contribution in [0.25, 0.3) is 5.52 Å². The Morgan fingerprint density at radius 1 is 1.39 bits per heavy atom. The molecule has 3 rings (SSSR count). The molecule has 2 atom stereocenters. The Morgan fingerprint density at radius 3 is 2.54 bits per heavy atom. The van der Waals surface area contributed by atoms with E-state index in [2.05, 4.69) is 10.1 Å².